The molecule has 152 valence electrons. The van der Waals surface area contributed by atoms with Crippen LogP contribution in [0.3, 0.4) is 0 Å². The standard InChI is InChI=1S/C21H23N3O4S/c1-23(2)29(26,27)18-9-10-20(24-11-3-4-12-24)19(13-18)21(25)28-15-17-7-5-16(14-22)6-8-17/h5-10,13H,3-4,11-12,15H2,1-2H3. The first-order chi connectivity index (χ1) is 13.8. The Morgan fingerprint density at radius 1 is 1.14 bits per heavy atom. The highest BCUT2D eigenvalue weighted by atomic mass is 32.2. The third-order valence-corrected chi connectivity index (χ3v) is 6.68. The van der Waals surface area contributed by atoms with Crippen molar-refractivity contribution in [2.24, 2.45) is 0 Å². The van der Waals surface area contributed by atoms with Gasteiger partial charge in [0.25, 0.3) is 0 Å². The van der Waals surface area contributed by atoms with Gasteiger partial charge in [0.1, 0.15) is 6.61 Å². The highest BCUT2D eigenvalue weighted by Gasteiger charge is 2.25. The number of esters is 1. The van der Waals surface area contributed by atoms with Gasteiger partial charge in [0.2, 0.25) is 10.0 Å². The van der Waals surface area contributed by atoms with Crippen LogP contribution in [0.4, 0.5) is 5.69 Å². The molecule has 2 aromatic carbocycles. The van der Waals surface area contributed by atoms with Gasteiger partial charge in [0.05, 0.1) is 27.8 Å². The second-order valence-corrected chi connectivity index (χ2v) is 9.20. The number of rotatable bonds is 6. The van der Waals surface area contributed by atoms with Crippen molar-refractivity contribution in [3.05, 3.63) is 59.2 Å². The molecule has 0 saturated carbocycles. The Labute approximate surface area is 171 Å². The van der Waals surface area contributed by atoms with Gasteiger partial charge >= 0.3 is 5.97 Å². The molecule has 2 aromatic rings. The Morgan fingerprint density at radius 3 is 2.38 bits per heavy atom. The fraction of sp³-hybridized carbons (Fsp3) is 0.333. The predicted octanol–water partition coefficient (Wildman–Crippen LogP) is 2.77. The normalized spacial score (nSPS) is 14.1. The first-order valence-corrected chi connectivity index (χ1v) is 10.7. The lowest BCUT2D eigenvalue weighted by Crippen LogP contribution is -2.24. The van der Waals surface area contributed by atoms with Gasteiger partial charge in [-0.2, -0.15) is 5.26 Å². The van der Waals surface area contributed by atoms with Crippen molar-refractivity contribution in [3.8, 4) is 6.07 Å². The first-order valence-electron chi connectivity index (χ1n) is 9.30. The largest absolute Gasteiger partial charge is 0.457 e. The van der Waals surface area contributed by atoms with Crippen LogP contribution in [0.25, 0.3) is 0 Å². The zero-order chi connectivity index (χ0) is 21.0. The summed E-state index contributed by atoms with van der Waals surface area (Å²) in [7, 11) is -0.770. The van der Waals surface area contributed by atoms with Crippen molar-refractivity contribution < 1.29 is 17.9 Å². The minimum Gasteiger partial charge on any atom is -0.457 e. The van der Waals surface area contributed by atoms with E-state index >= 15 is 0 Å². The molecule has 1 heterocycles. The Kier molecular flexibility index (Phi) is 6.20. The van der Waals surface area contributed by atoms with Gasteiger partial charge in [-0.3, -0.25) is 0 Å². The van der Waals surface area contributed by atoms with E-state index in [1.54, 1.807) is 30.3 Å². The Hall–Kier alpha value is -2.89. The van der Waals surface area contributed by atoms with Crippen molar-refractivity contribution in [3.63, 3.8) is 0 Å². The lowest BCUT2D eigenvalue weighted by atomic mass is 10.1. The Bertz CT molecular complexity index is 1030. The summed E-state index contributed by atoms with van der Waals surface area (Å²) in [6.45, 7) is 1.67. The molecular formula is C21H23N3O4S. The van der Waals surface area contributed by atoms with Crippen LogP contribution in [0.2, 0.25) is 0 Å². The minimum atomic E-state index is -3.67. The molecule has 0 N–H and O–H groups in total. The number of carbonyl (C=O) groups is 1. The number of anilines is 1. The molecular weight excluding hydrogens is 390 g/mol. The van der Waals surface area contributed by atoms with Crippen LogP contribution in [0.5, 0.6) is 0 Å². The van der Waals surface area contributed by atoms with Crippen LogP contribution >= 0.6 is 0 Å². The van der Waals surface area contributed by atoms with E-state index in [9.17, 15) is 13.2 Å². The highest BCUT2D eigenvalue weighted by molar-refractivity contribution is 7.89. The van der Waals surface area contributed by atoms with E-state index < -0.39 is 16.0 Å². The van der Waals surface area contributed by atoms with Gasteiger partial charge < -0.3 is 9.64 Å². The molecule has 0 bridgehead atoms. The van der Waals surface area contributed by atoms with E-state index in [1.807, 2.05) is 6.07 Å². The quantitative estimate of drug-likeness (QED) is 0.677. The van der Waals surface area contributed by atoms with Crippen molar-refractivity contribution in [1.82, 2.24) is 4.31 Å². The number of benzene rings is 2. The number of nitriles is 1. The topological polar surface area (TPSA) is 90.7 Å². The second-order valence-electron chi connectivity index (χ2n) is 7.05. The molecule has 0 spiro atoms. The number of nitrogens with zero attached hydrogens (tertiary/aromatic N) is 3. The van der Waals surface area contributed by atoms with Crippen molar-refractivity contribution >= 4 is 21.7 Å². The van der Waals surface area contributed by atoms with E-state index in [1.165, 1.54) is 26.2 Å². The summed E-state index contributed by atoms with van der Waals surface area (Å²) in [5.41, 5.74) is 2.20. The van der Waals surface area contributed by atoms with Crippen LogP contribution in [0.1, 0.15) is 34.3 Å². The summed E-state index contributed by atoms with van der Waals surface area (Å²) >= 11 is 0. The van der Waals surface area contributed by atoms with Crippen LogP contribution in [-0.2, 0) is 21.4 Å². The smallest absolute Gasteiger partial charge is 0.340 e. The zero-order valence-electron chi connectivity index (χ0n) is 16.5. The molecule has 8 heteroatoms. The molecule has 0 unspecified atom stereocenters. The molecule has 1 aliphatic rings. The second kappa shape index (κ2) is 8.64. The molecule has 0 aliphatic carbocycles. The number of carbonyl (C=O) groups excluding carboxylic acids is 1. The predicted molar refractivity (Wildman–Crippen MR) is 109 cm³/mol. The molecule has 0 radical (unpaired) electrons. The van der Waals surface area contributed by atoms with E-state index in [-0.39, 0.29) is 17.1 Å². The monoisotopic (exact) mass is 413 g/mol. The average molecular weight is 413 g/mol. The van der Waals surface area contributed by atoms with Gasteiger partial charge in [-0.1, -0.05) is 12.1 Å². The summed E-state index contributed by atoms with van der Waals surface area (Å²) < 4.78 is 31.6. The van der Waals surface area contributed by atoms with Crippen molar-refractivity contribution in [2.75, 3.05) is 32.1 Å². The fourth-order valence-corrected chi connectivity index (χ4v) is 4.11. The first kappa shape index (κ1) is 20.8. The summed E-state index contributed by atoms with van der Waals surface area (Å²) in [4.78, 5) is 15.0. The zero-order valence-corrected chi connectivity index (χ0v) is 17.3. The molecule has 0 amide bonds. The molecule has 1 fully saturated rings. The summed E-state index contributed by atoms with van der Waals surface area (Å²) in [6.07, 6.45) is 2.05. The van der Waals surface area contributed by atoms with E-state index in [0.29, 0.717) is 11.3 Å². The maximum absolute atomic E-state index is 12.9. The third kappa shape index (κ3) is 4.58. The molecule has 0 aromatic heterocycles. The Morgan fingerprint density at radius 2 is 1.79 bits per heavy atom. The summed E-state index contributed by atoms with van der Waals surface area (Å²) in [5.74, 6) is -0.577. The Balaban J connectivity index is 1.89. The third-order valence-electron chi connectivity index (χ3n) is 4.87. The molecule has 1 saturated heterocycles. The van der Waals surface area contributed by atoms with Crippen molar-refractivity contribution in [2.45, 2.75) is 24.3 Å². The van der Waals surface area contributed by atoms with E-state index in [4.69, 9.17) is 10.00 Å². The average Bonchev–Trinajstić information content (AvgIpc) is 3.26. The summed E-state index contributed by atoms with van der Waals surface area (Å²) in [6, 6.07) is 13.4. The maximum atomic E-state index is 12.9. The van der Waals surface area contributed by atoms with Gasteiger partial charge in [-0.25, -0.2) is 17.5 Å². The fourth-order valence-electron chi connectivity index (χ4n) is 3.19. The van der Waals surface area contributed by atoms with Crippen molar-refractivity contribution in [1.29, 1.82) is 5.26 Å². The van der Waals surface area contributed by atoms with Crippen LogP contribution in [0, 0.1) is 11.3 Å². The van der Waals surface area contributed by atoms with E-state index in [0.717, 1.165) is 35.8 Å². The number of hydrogen-bond donors (Lipinski definition) is 0. The van der Waals surface area contributed by atoms with Gasteiger partial charge in [-0.15, -0.1) is 0 Å². The SMILES string of the molecule is CN(C)S(=O)(=O)c1ccc(N2CCCC2)c(C(=O)OCc2ccc(C#N)cc2)c1. The lowest BCUT2D eigenvalue weighted by Gasteiger charge is -2.22. The van der Waals surface area contributed by atoms with Crippen LogP contribution < -0.4 is 4.90 Å². The van der Waals surface area contributed by atoms with E-state index in [2.05, 4.69) is 4.90 Å². The molecule has 7 nitrogen and oxygen atoms in total. The number of ether oxygens (including phenoxy) is 1. The summed E-state index contributed by atoms with van der Waals surface area (Å²) in [5, 5.41) is 8.87. The molecule has 0 atom stereocenters. The van der Waals surface area contributed by atoms with Gasteiger partial charge in [0.15, 0.2) is 0 Å². The molecule has 3 rings (SSSR count). The minimum absolute atomic E-state index is 0.0363. The molecule has 1 aliphatic heterocycles. The van der Waals surface area contributed by atoms with Crippen LogP contribution in [-0.4, -0.2) is 45.9 Å². The molecule has 29 heavy (non-hydrogen) atoms. The van der Waals surface area contributed by atoms with Crippen LogP contribution in [0.15, 0.2) is 47.4 Å². The maximum Gasteiger partial charge on any atom is 0.340 e. The number of hydrogen-bond acceptors (Lipinski definition) is 6. The highest BCUT2D eigenvalue weighted by Crippen LogP contribution is 2.29. The lowest BCUT2D eigenvalue weighted by molar-refractivity contribution is 0.0473. The van der Waals surface area contributed by atoms with Gasteiger partial charge in [-0.05, 0) is 48.7 Å². The number of sulfonamides is 1. The van der Waals surface area contributed by atoms with Gasteiger partial charge in [0, 0.05) is 27.2 Å².